The zero-order chi connectivity index (χ0) is 13.3. The first-order chi connectivity index (χ1) is 9.34. The van der Waals surface area contributed by atoms with Gasteiger partial charge in [-0.1, -0.05) is 0 Å². The lowest BCUT2D eigenvalue weighted by atomic mass is 10.4. The third-order valence-electron chi connectivity index (χ3n) is 2.83. The molecule has 0 aliphatic carbocycles. The molecule has 6 heteroatoms. The molecule has 0 spiro atoms. The van der Waals surface area contributed by atoms with Crippen LogP contribution in [0.2, 0.25) is 0 Å². The van der Waals surface area contributed by atoms with E-state index in [1.165, 1.54) is 0 Å². The van der Waals surface area contributed by atoms with Gasteiger partial charge in [-0.2, -0.15) is 0 Å². The van der Waals surface area contributed by atoms with E-state index in [9.17, 15) is 0 Å². The molecule has 0 bridgehead atoms. The Labute approximate surface area is 113 Å². The van der Waals surface area contributed by atoms with Gasteiger partial charge in [-0.3, -0.25) is 9.98 Å². The highest BCUT2D eigenvalue weighted by atomic mass is 16.5. The average molecular weight is 270 g/mol. The van der Waals surface area contributed by atoms with Crippen molar-refractivity contribution in [1.29, 1.82) is 0 Å². The predicted octanol–water partition coefficient (Wildman–Crippen LogP) is 1.05. The molecule has 2 rings (SSSR count). The first-order valence-electron chi connectivity index (χ1n) is 6.86. The van der Waals surface area contributed by atoms with Crippen molar-refractivity contribution in [2.45, 2.75) is 25.9 Å². The summed E-state index contributed by atoms with van der Waals surface area (Å²) in [5, 5.41) is 0. The SMILES string of the molecule is CC(COCCC1=NCCO1)OCCC1=NCCO1. The fourth-order valence-electron chi connectivity index (χ4n) is 1.87. The van der Waals surface area contributed by atoms with Crippen molar-refractivity contribution >= 4 is 11.8 Å². The molecule has 0 aromatic heterocycles. The maximum atomic E-state index is 5.63. The van der Waals surface area contributed by atoms with Gasteiger partial charge in [0.2, 0.25) is 0 Å². The molecule has 0 N–H and O–H groups in total. The number of ether oxygens (including phenoxy) is 4. The van der Waals surface area contributed by atoms with E-state index in [0.717, 1.165) is 37.7 Å². The maximum Gasteiger partial charge on any atom is 0.185 e. The minimum atomic E-state index is 0.0773. The molecule has 1 atom stereocenters. The molecule has 0 saturated carbocycles. The van der Waals surface area contributed by atoms with Gasteiger partial charge >= 0.3 is 0 Å². The van der Waals surface area contributed by atoms with Crippen molar-refractivity contribution in [3.05, 3.63) is 0 Å². The summed E-state index contributed by atoms with van der Waals surface area (Å²) in [4.78, 5) is 8.41. The van der Waals surface area contributed by atoms with Gasteiger partial charge in [0.15, 0.2) is 11.8 Å². The number of rotatable bonds is 9. The topological polar surface area (TPSA) is 61.6 Å². The van der Waals surface area contributed by atoms with Crippen LogP contribution >= 0.6 is 0 Å². The summed E-state index contributed by atoms with van der Waals surface area (Å²) >= 11 is 0. The van der Waals surface area contributed by atoms with Crippen LogP contribution in [0.3, 0.4) is 0 Å². The van der Waals surface area contributed by atoms with Gasteiger partial charge in [0.25, 0.3) is 0 Å². The minimum Gasteiger partial charge on any atom is -0.479 e. The molecule has 0 saturated heterocycles. The minimum absolute atomic E-state index is 0.0773. The highest BCUT2D eigenvalue weighted by molar-refractivity contribution is 5.77. The van der Waals surface area contributed by atoms with Crippen molar-refractivity contribution in [2.75, 3.05) is 46.1 Å². The van der Waals surface area contributed by atoms with Crippen LogP contribution < -0.4 is 0 Å². The third-order valence-corrected chi connectivity index (χ3v) is 2.83. The second-order valence-corrected chi connectivity index (χ2v) is 4.50. The van der Waals surface area contributed by atoms with Crippen molar-refractivity contribution in [3.8, 4) is 0 Å². The summed E-state index contributed by atoms with van der Waals surface area (Å²) in [6, 6.07) is 0. The van der Waals surface area contributed by atoms with E-state index in [1.807, 2.05) is 6.92 Å². The lowest BCUT2D eigenvalue weighted by Gasteiger charge is -2.13. The van der Waals surface area contributed by atoms with Crippen LogP contribution in [-0.4, -0.2) is 64.0 Å². The van der Waals surface area contributed by atoms with Gasteiger partial charge in [0.1, 0.15) is 13.2 Å². The second kappa shape index (κ2) is 8.12. The molecule has 2 heterocycles. The van der Waals surface area contributed by atoms with Crippen LogP contribution in [0.4, 0.5) is 0 Å². The number of hydrogen-bond donors (Lipinski definition) is 0. The van der Waals surface area contributed by atoms with Gasteiger partial charge in [-0.25, -0.2) is 0 Å². The van der Waals surface area contributed by atoms with Gasteiger partial charge < -0.3 is 18.9 Å². The first kappa shape index (κ1) is 14.3. The largest absolute Gasteiger partial charge is 0.479 e. The molecule has 2 aliphatic heterocycles. The molecule has 0 aromatic rings. The van der Waals surface area contributed by atoms with Crippen LogP contribution in [0.1, 0.15) is 19.8 Å². The predicted molar refractivity (Wildman–Crippen MR) is 72.0 cm³/mol. The molecule has 0 fully saturated rings. The quantitative estimate of drug-likeness (QED) is 0.587. The first-order valence-corrected chi connectivity index (χ1v) is 6.86. The number of nitrogens with zero attached hydrogens (tertiary/aromatic N) is 2. The molecule has 108 valence electrons. The van der Waals surface area contributed by atoms with Crippen LogP contribution in [0.25, 0.3) is 0 Å². The lowest BCUT2D eigenvalue weighted by Crippen LogP contribution is -2.19. The Morgan fingerprint density at radius 3 is 2.26 bits per heavy atom. The van der Waals surface area contributed by atoms with Crippen molar-refractivity contribution in [1.82, 2.24) is 0 Å². The van der Waals surface area contributed by atoms with Crippen LogP contribution in [0, 0.1) is 0 Å². The number of hydrogen-bond acceptors (Lipinski definition) is 6. The zero-order valence-corrected chi connectivity index (χ0v) is 11.5. The third kappa shape index (κ3) is 5.57. The van der Waals surface area contributed by atoms with Crippen LogP contribution in [0.15, 0.2) is 9.98 Å². The Hall–Kier alpha value is -1.14. The highest BCUT2D eigenvalue weighted by Gasteiger charge is 2.10. The molecular formula is C13H22N2O4. The van der Waals surface area contributed by atoms with E-state index >= 15 is 0 Å². The van der Waals surface area contributed by atoms with E-state index in [2.05, 4.69) is 9.98 Å². The van der Waals surface area contributed by atoms with E-state index in [0.29, 0.717) is 33.0 Å². The summed E-state index contributed by atoms with van der Waals surface area (Å²) in [7, 11) is 0. The van der Waals surface area contributed by atoms with Gasteiger partial charge in [-0.05, 0) is 6.92 Å². The van der Waals surface area contributed by atoms with E-state index < -0.39 is 0 Å². The Balaban J connectivity index is 1.44. The van der Waals surface area contributed by atoms with Crippen LogP contribution in [-0.2, 0) is 18.9 Å². The highest BCUT2D eigenvalue weighted by Crippen LogP contribution is 2.02. The molecule has 0 amide bonds. The summed E-state index contributed by atoms with van der Waals surface area (Å²) in [5.74, 6) is 1.62. The van der Waals surface area contributed by atoms with E-state index in [-0.39, 0.29) is 6.10 Å². The molecular weight excluding hydrogens is 248 g/mol. The number of aliphatic imine (C=N–C) groups is 2. The van der Waals surface area contributed by atoms with Crippen molar-refractivity contribution in [2.24, 2.45) is 9.98 Å². The second-order valence-electron chi connectivity index (χ2n) is 4.50. The molecule has 0 radical (unpaired) electrons. The summed E-state index contributed by atoms with van der Waals surface area (Å²) < 4.78 is 21.8. The Morgan fingerprint density at radius 1 is 1.05 bits per heavy atom. The lowest BCUT2D eigenvalue weighted by molar-refractivity contribution is -0.00361. The molecule has 6 nitrogen and oxygen atoms in total. The van der Waals surface area contributed by atoms with Crippen molar-refractivity contribution < 1.29 is 18.9 Å². The normalized spacial score (nSPS) is 19.6. The summed E-state index contributed by atoms with van der Waals surface area (Å²) in [6.45, 7) is 6.81. The van der Waals surface area contributed by atoms with Gasteiger partial charge in [0, 0.05) is 12.8 Å². The van der Waals surface area contributed by atoms with Crippen LogP contribution in [0.5, 0.6) is 0 Å². The maximum absolute atomic E-state index is 5.63. The summed E-state index contributed by atoms with van der Waals surface area (Å²) in [5.41, 5.74) is 0. The Morgan fingerprint density at radius 2 is 1.68 bits per heavy atom. The van der Waals surface area contributed by atoms with E-state index in [4.69, 9.17) is 18.9 Å². The van der Waals surface area contributed by atoms with Crippen molar-refractivity contribution in [3.63, 3.8) is 0 Å². The molecule has 0 aromatic carbocycles. The fraction of sp³-hybridized carbons (Fsp3) is 0.846. The molecule has 2 aliphatic rings. The summed E-state index contributed by atoms with van der Waals surface area (Å²) in [6.07, 6.45) is 1.57. The van der Waals surface area contributed by atoms with Gasteiger partial charge in [-0.15, -0.1) is 0 Å². The monoisotopic (exact) mass is 270 g/mol. The Kier molecular flexibility index (Phi) is 6.10. The van der Waals surface area contributed by atoms with Gasteiger partial charge in [0.05, 0.1) is 39.0 Å². The molecule has 1 unspecified atom stereocenters. The van der Waals surface area contributed by atoms with E-state index in [1.54, 1.807) is 0 Å². The average Bonchev–Trinajstić information content (AvgIpc) is 3.07. The smallest absolute Gasteiger partial charge is 0.185 e. The fourth-order valence-corrected chi connectivity index (χ4v) is 1.87. The Bertz CT molecular complexity index is 331. The zero-order valence-electron chi connectivity index (χ0n) is 11.5. The molecule has 19 heavy (non-hydrogen) atoms. The standard InChI is InChI=1S/C13H22N2O4/c1-11(17-7-3-13-15-5-9-19-13)10-16-6-2-12-14-4-8-18-12/h11H,2-10H2,1H3.